The second-order valence-corrected chi connectivity index (χ2v) is 6.48. The SMILES string of the molecule is CCOC(=O)c1cc(NC(=O)c2ccccc2)c(=O)oc1C(C)(C)C. The van der Waals surface area contributed by atoms with E-state index in [4.69, 9.17) is 9.15 Å². The summed E-state index contributed by atoms with van der Waals surface area (Å²) >= 11 is 0. The molecule has 1 aromatic carbocycles. The Hall–Kier alpha value is -2.89. The molecule has 132 valence electrons. The predicted molar refractivity (Wildman–Crippen MR) is 94.0 cm³/mol. The first-order chi connectivity index (χ1) is 11.7. The Morgan fingerprint density at radius 2 is 1.80 bits per heavy atom. The van der Waals surface area contributed by atoms with Crippen LogP contribution in [0.4, 0.5) is 5.69 Å². The fraction of sp³-hybridized carbons (Fsp3) is 0.316. The van der Waals surface area contributed by atoms with Crippen molar-refractivity contribution in [2.75, 3.05) is 11.9 Å². The van der Waals surface area contributed by atoms with Gasteiger partial charge in [0.15, 0.2) is 0 Å². The molecule has 2 rings (SSSR count). The molecule has 6 heteroatoms. The van der Waals surface area contributed by atoms with Crippen LogP contribution in [0.15, 0.2) is 45.6 Å². The van der Waals surface area contributed by atoms with Gasteiger partial charge in [-0.05, 0) is 25.1 Å². The Morgan fingerprint density at radius 3 is 2.36 bits per heavy atom. The zero-order valence-electron chi connectivity index (χ0n) is 14.7. The second kappa shape index (κ2) is 7.34. The van der Waals surface area contributed by atoms with Crippen LogP contribution in [0.5, 0.6) is 0 Å². The molecule has 0 spiro atoms. The molecule has 0 saturated carbocycles. The number of benzene rings is 1. The summed E-state index contributed by atoms with van der Waals surface area (Å²) < 4.78 is 10.4. The van der Waals surface area contributed by atoms with E-state index in [0.717, 1.165) is 0 Å². The molecule has 0 aliphatic heterocycles. The Kier molecular flexibility index (Phi) is 5.41. The number of hydrogen-bond acceptors (Lipinski definition) is 5. The molecule has 0 bridgehead atoms. The normalized spacial score (nSPS) is 11.0. The average molecular weight is 343 g/mol. The number of anilines is 1. The van der Waals surface area contributed by atoms with Crippen molar-refractivity contribution in [1.29, 1.82) is 0 Å². The highest BCUT2D eigenvalue weighted by atomic mass is 16.5. The number of amides is 1. The average Bonchev–Trinajstić information content (AvgIpc) is 2.56. The van der Waals surface area contributed by atoms with Crippen LogP contribution in [0.3, 0.4) is 0 Å². The standard InChI is InChI=1S/C19H21NO5/c1-5-24-17(22)13-11-14(18(23)25-15(13)19(2,3)4)20-16(21)12-9-7-6-8-10-12/h6-11H,5H2,1-4H3,(H,20,21). The van der Waals surface area contributed by atoms with Gasteiger partial charge in [0.2, 0.25) is 0 Å². The van der Waals surface area contributed by atoms with Crippen molar-refractivity contribution in [1.82, 2.24) is 0 Å². The fourth-order valence-electron chi connectivity index (χ4n) is 2.26. The zero-order valence-corrected chi connectivity index (χ0v) is 14.7. The Balaban J connectivity index is 2.46. The second-order valence-electron chi connectivity index (χ2n) is 6.48. The lowest BCUT2D eigenvalue weighted by Crippen LogP contribution is -2.24. The molecule has 0 unspecified atom stereocenters. The van der Waals surface area contributed by atoms with E-state index in [1.807, 2.05) is 20.8 Å². The van der Waals surface area contributed by atoms with Crippen LogP contribution in [-0.4, -0.2) is 18.5 Å². The molecule has 0 fully saturated rings. The van der Waals surface area contributed by atoms with Crippen molar-refractivity contribution in [3.05, 3.63) is 63.7 Å². The third kappa shape index (κ3) is 4.35. The van der Waals surface area contributed by atoms with E-state index in [0.29, 0.717) is 5.56 Å². The van der Waals surface area contributed by atoms with Gasteiger partial charge in [-0.1, -0.05) is 39.0 Å². The van der Waals surface area contributed by atoms with Crippen LogP contribution >= 0.6 is 0 Å². The van der Waals surface area contributed by atoms with Crippen molar-refractivity contribution < 1.29 is 18.7 Å². The molecule has 2 aromatic rings. The molecule has 1 amide bonds. The summed E-state index contributed by atoms with van der Waals surface area (Å²) in [4.78, 5) is 36.7. The van der Waals surface area contributed by atoms with Gasteiger partial charge in [0.25, 0.3) is 5.91 Å². The Labute approximate surface area is 145 Å². The quantitative estimate of drug-likeness (QED) is 0.860. The van der Waals surface area contributed by atoms with Gasteiger partial charge in [0.05, 0.1) is 6.61 Å². The van der Waals surface area contributed by atoms with Gasteiger partial charge in [0, 0.05) is 11.0 Å². The number of hydrogen-bond donors (Lipinski definition) is 1. The summed E-state index contributed by atoms with van der Waals surface area (Å²) in [7, 11) is 0. The zero-order chi connectivity index (χ0) is 18.6. The third-order valence-electron chi connectivity index (χ3n) is 3.41. The fourth-order valence-corrected chi connectivity index (χ4v) is 2.26. The van der Waals surface area contributed by atoms with E-state index in [2.05, 4.69) is 5.32 Å². The molecule has 0 atom stereocenters. The van der Waals surface area contributed by atoms with Gasteiger partial charge < -0.3 is 14.5 Å². The number of ether oxygens (including phenoxy) is 1. The van der Waals surface area contributed by atoms with Gasteiger partial charge >= 0.3 is 11.6 Å². The van der Waals surface area contributed by atoms with Gasteiger partial charge in [-0.2, -0.15) is 0 Å². The third-order valence-corrected chi connectivity index (χ3v) is 3.41. The highest BCUT2D eigenvalue weighted by Crippen LogP contribution is 2.27. The van der Waals surface area contributed by atoms with Crippen LogP contribution in [0.25, 0.3) is 0 Å². The van der Waals surface area contributed by atoms with Crippen molar-refractivity contribution in [3.8, 4) is 0 Å². The molecule has 0 radical (unpaired) electrons. The molecule has 6 nitrogen and oxygen atoms in total. The van der Waals surface area contributed by atoms with Crippen LogP contribution < -0.4 is 10.9 Å². The Bertz CT molecular complexity index is 831. The van der Waals surface area contributed by atoms with Crippen LogP contribution in [0.2, 0.25) is 0 Å². The Morgan fingerprint density at radius 1 is 1.16 bits per heavy atom. The molecule has 1 N–H and O–H groups in total. The van der Waals surface area contributed by atoms with Gasteiger partial charge in [-0.25, -0.2) is 9.59 Å². The van der Waals surface area contributed by atoms with Crippen LogP contribution in [0, 0.1) is 0 Å². The summed E-state index contributed by atoms with van der Waals surface area (Å²) in [6.45, 7) is 7.32. The topological polar surface area (TPSA) is 85.6 Å². The minimum absolute atomic E-state index is 0.107. The summed E-state index contributed by atoms with van der Waals surface area (Å²) in [5.74, 6) is -0.855. The number of carbonyl (C=O) groups is 2. The molecular formula is C19H21NO5. The van der Waals surface area contributed by atoms with Crippen molar-refractivity contribution in [2.45, 2.75) is 33.1 Å². The maximum absolute atomic E-state index is 12.3. The molecule has 0 saturated heterocycles. The molecule has 1 heterocycles. The molecule has 0 aliphatic rings. The summed E-state index contributed by atoms with van der Waals surface area (Å²) in [5.41, 5.74) is -0.896. The monoisotopic (exact) mass is 343 g/mol. The lowest BCUT2D eigenvalue weighted by molar-refractivity contribution is 0.0518. The van der Waals surface area contributed by atoms with Gasteiger partial charge in [-0.15, -0.1) is 0 Å². The number of carbonyl (C=O) groups excluding carboxylic acids is 2. The smallest absolute Gasteiger partial charge is 0.359 e. The molecule has 25 heavy (non-hydrogen) atoms. The van der Waals surface area contributed by atoms with Crippen molar-refractivity contribution in [2.24, 2.45) is 0 Å². The minimum Gasteiger partial charge on any atom is -0.462 e. The van der Waals surface area contributed by atoms with Gasteiger partial charge in [0.1, 0.15) is 17.0 Å². The highest BCUT2D eigenvalue weighted by molar-refractivity contribution is 6.04. The first-order valence-electron chi connectivity index (χ1n) is 7.96. The van der Waals surface area contributed by atoms with Crippen LogP contribution in [-0.2, 0) is 10.2 Å². The van der Waals surface area contributed by atoms with E-state index in [-0.39, 0.29) is 23.6 Å². The summed E-state index contributed by atoms with van der Waals surface area (Å²) in [6.07, 6.45) is 0. The molecule has 1 aromatic heterocycles. The van der Waals surface area contributed by atoms with E-state index in [9.17, 15) is 14.4 Å². The lowest BCUT2D eigenvalue weighted by Gasteiger charge is -2.20. The van der Waals surface area contributed by atoms with E-state index >= 15 is 0 Å². The summed E-state index contributed by atoms with van der Waals surface area (Å²) in [5, 5.41) is 2.49. The summed E-state index contributed by atoms with van der Waals surface area (Å²) in [6, 6.07) is 9.75. The van der Waals surface area contributed by atoms with Crippen LogP contribution in [0.1, 0.15) is 54.2 Å². The number of rotatable bonds is 4. The molecular weight excluding hydrogens is 322 g/mol. The maximum atomic E-state index is 12.3. The van der Waals surface area contributed by atoms with Gasteiger partial charge in [-0.3, -0.25) is 4.79 Å². The first-order valence-corrected chi connectivity index (χ1v) is 7.96. The largest absolute Gasteiger partial charge is 0.462 e. The van der Waals surface area contributed by atoms with Crippen molar-refractivity contribution >= 4 is 17.6 Å². The maximum Gasteiger partial charge on any atom is 0.359 e. The predicted octanol–water partition coefficient (Wildman–Crippen LogP) is 3.37. The number of nitrogens with one attached hydrogen (secondary N) is 1. The highest BCUT2D eigenvalue weighted by Gasteiger charge is 2.28. The number of esters is 1. The van der Waals surface area contributed by atoms with E-state index < -0.39 is 22.9 Å². The molecule has 0 aliphatic carbocycles. The first kappa shape index (κ1) is 18.4. The van der Waals surface area contributed by atoms with E-state index in [1.54, 1.807) is 37.3 Å². The minimum atomic E-state index is -0.720. The van der Waals surface area contributed by atoms with E-state index in [1.165, 1.54) is 6.07 Å². The lowest BCUT2D eigenvalue weighted by atomic mass is 9.89. The van der Waals surface area contributed by atoms with Crippen molar-refractivity contribution in [3.63, 3.8) is 0 Å².